The Kier molecular flexibility index (Phi) is 7.66. The lowest BCUT2D eigenvalue weighted by Crippen LogP contribution is -2.06. The molecule has 0 atom stereocenters. The van der Waals surface area contributed by atoms with Gasteiger partial charge in [-0.25, -0.2) is 4.98 Å². The molecule has 0 N–H and O–H groups in total. The number of nitro benzene ring substituents is 1. The number of nitrogens with zero attached hydrogens (tertiary/aromatic N) is 3. The number of fused-ring (bicyclic) bond motifs is 1. The zero-order valence-corrected chi connectivity index (χ0v) is 19.7. The van der Waals surface area contributed by atoms with Crippen LogP contribution in [0.3, 0.4) is 0 Å². The molecule has 0 radical (unpaired) electrons. The van der Waals surface area contributed by atoms with Crippen molar-refractivity contribution >= 4 is 51.2 Å². The average Bonchev–Trinajstić information content (AvgIpc) is 3.14. The summed E-state index contributed by atoms with van der Waals surface area (Å²) in [6.07, 6.45) is 0. The van der Waals surface area contributed by atoms with Gasteiger partial charge in [0.15, 0.2) is 10.9 Å². The summed E-state index contributed by atoms with van der Waals surface area (Å²) in [6.45, 7) is 0.608. The van der Waals surface area contributed by atoms with Crippen LogP contribution in [0, 0.1) is 10.1 Å². The van der Waals surface area contributed by atoms with Crippen LogP contribution in [0.4, 0.5) is 5.69 Å². The number of carbonyl (C=O) groups is 1. The predicted molar refractivity (Wildman–Crippen MR) is 130 cm³/mol. The molecule has 0 saturated heterocycles. The van der Waals surface area contributed by atoms with E-state index in [0.717, 1.165) is 16.6 Å². The van der Waals surface area contributed by atoms with Gasteiger partial charge in [0.2, 0.25) is 0 Å². The predicted octanol–water partition coefficient (Wildman–Crippen LogP) is 5.55. The van der Waals surface area contributed by atoms with Crippen LogP contribution in [-0.2, 0) is 6.54 Å². The second kappa shape index (κ2) is 10.4. The maximum atomic E-state index is 12.7. The Labute approximate surface area is 199 Å². The number of benzene rings is 3. The highest BCUT2D eigenvalue weighted by molar-refractivity contribution is 8.93. The van der Waals surface area contributed by atoms with Gasteiger partial charge in [-0.15, -0.1) is 17.0 Å². The maximum Gasteiger partial charge on any atom is 0.270 e. The first-order valence-electron chi connectivity index (χ1n) is 9.54. The Bertz CT molecular complexity index is 1260. The lowest BCUT2D eigenvalue weighted by atomic mass is 10.1. The molecule has 0 unspecified atom stereocenters. The van der Waals surface area contributed by atoms with Crippen LogP contribution in [0.15, 0.2) is 78.0 Å². The number of hydrogen-bond donors (Lipinski definition) is 0. The van der Waals surface area contributed by atoms with Gasteiger partial charge in [0.1, 0.15) is 5.75 Å². The molecule has 0 saturated carbocycles. The third kappa shape index (κ3) is 5.17. The smallest absolute Gasteiger partial charge is 0.270 e. The van der Waals surface area contributed by atoms with E-state index in [1.165, 1.54) is 30.0 Å². The van der Waals surface area contributed by atoms with Crippen molar-refractivity contribution in [3.63, 3.8) is 0 Å². The summed E-state index contributed by atoms with van der Waals surface area (Å²) in [7, 11) is 1.61. The number of imidazole rings is 1. The molecule has 0 fully saturated rings. The summed E-state index contributed by atoms with van der Waals surface area (Å²) >= 11 is 1.31. The van der Waals surface area contributed by atoms with Gasteiger partial charge >= 0.3 is 0 Å². The van der Waals surface area contributed by atoms with Gasteiger partial charge in [-0.2, -0.15) is 0 Å². The van der Waals surface area contributed by atoms with Crippen molar-refractivity contribution in [2.24, 2.45) is 0 Å². The molecule has 0 aliphatic heterocycles. The Morgan fingerprint density at radius 3 is 2.59 bits per heavy atom. The summed E-state index contributed by atoms with van der Waals surface area (Å²) in [5.41, 5.74) is 3.05. The number of aromatic nitrogens is 2. The number of Topliss-reactive ketones (excluding diaryl/α,β-unsaturated/α-hetero) is 1. The van der Waals surface area contributed by atoms with Gasteiger partial charge < -0.3 is 9.30 Å². The van der Waals surface area contributed by atoms with Crippen molar-refractivity contribution in [2.75, 3.05) is 12.9 Å². The third-order valence-corrected chi connectivity index (χ3v) is 5.79. The number of thioether (sulfide) groups is 1. The average molecular weight is 514 g/mol. The van der Waals surface area contributed by atoms with Gasteiger partial charge in [0.25, 0.3) is 5.69 Å². The number of carbonyl (C=O) groups excluding carboxylic acids is 1. The van der Waals surface area contributed by atoms with Crippen molar-refractivity contribution in [1.82, 2.24) is 9.55 Å². The zero-order valence-electron chi connectivity index (χ0n) is 17.1. The fraction of sp³-hybridized carbons (Fsp3) is 0.130. The first-order valence-corrected chi connectivity index (χ1v) is 10.5. The summed E-state index contributed by atoms with van der Waals surface area (Å²) in [5, 5.41) is 11.7. The lowest BCUT2D eigenvalue weighted by Gasteiger charge is -2.09. The van der Waals surface area contributed by atoms with Crippen LogP contribution in [0.2, 0.25) is 0 Å². The number of methoxy groups -OCH3 is 1. The highest BCUT2D eigenvalue weighted by Gasteiger charge is 2.16. The standard InChI is InChI=1S/C23H19N3O4S.BrH/c1-30-19-10-11-21-20(13-19)24-23(25(21)14-16-6-3-2-4-7-16)31-15-22(27)17-8-5-9-18(12-17)26(28)29;/h2-13H,14-15H2,1H3;1H. The van der Waals surface area contributed by atoms with Crippen molar-refractivity contribution in [1.29, 1.82) is 0 Å². The molecule has 0 aliphatic carbocycles. The first kappa shape index (κ1) is 23.5. The topological polar surface area (TPSA) is 87.3 Å². The molecule has 4 rings (SSSR count). The SMILES string of the molecule is Br.COc1ccc2c(c1)nc(SCC(=O)c1cccc([N+](=O)[O-])c1)n2Cc1ccccc1. The van der Waals surface area contributed by atoms with Crippen LogP contribution in [0.25, 0.3) is 11.0 Å². The molecule has 164 valence electrons. The number of halogens is 1. The van der Waals surface area contributed by atoms with E-state index in [1.54, 1.807) is 13.2 Å². The Hall–Kier alpha value is -3.17. The molecule has 3 aromatic carbocycles. The molecule has 4 aromatic rings. The molecule has 0 amide bonds. The van der Waals surface area contributed by atoms with Gasteiger partial charge in [0, 0.05) is 23.8 Å². The fourth-order valence-electron chi connectivity index (χ4n) is 3.25. The normalized spacial score (nSPS) is 10.5. The van der Waals surface area contributed by atoms with Gasteiger partial charge in [0.05, 0.1) is 35.4 Å². The minimum atomic E-state index is -0.503. The molecule has 32 heavy (non-hydrogen) atoms. The minimum Gasteiger partial charge on any atom is -0.497 e. The number of ketones is 1. The number of non-ortho nitro benzene ring substituents is 1. The number of ether oxygens (including phenoxy) is 1. The quantitative estimate of drug-likeness (QED) is 0.133. The number of nitro groups is 1. The summed E-state index contributed by atoms with van der Waals surface area (Å²) in [6, 6.07) is 21.5. The molecule has 0 spiro atoms. The largest absolute Gasteiger partial charge is 0.497 e. The molecule has 0 aliphatic rings. The number of hydrogen-bond acceptors (Lipinski definition) is 6. The third-order valence-electron chi connectivity index (χ3n) is 4.82. The highest BCUT2D eigenvalue weighted by atomic mass is 79.9. The van der Waals surface area contributed by atoms with Crippen LogP contribution < -0.4 is 4.74 Å². The van der Waals surface area contributed by atoms with Gasteiger partial charge in [-0.3, -0.25) is 14.9 Å². The summed E-state index contributed by atoms with van der Waals surface area (Å²) < 4.78 is 7.38. The van der Waals surface area contributed by atoms with Crippen LogP contribution in [0.1, 0.15) is 15.9 Å². The van der Waals surface area contributed by atoms with E-state index in [-0.39, 0.29) is 34.2 Å². The Morgan fingerprint density at radius 1 is 1.09 bits per heavy atom. The highest BCUT2D eigenvalue weighted by Crippen LogP contribution is 2.28. The first-order chi connectivity index (χ1) is 15.0. The molecular formula is C23H20BrN3O4S. The molecule has 7 nitrogen and oxygen atoms in total. The van der Waals surface area contributed by atoms with Crippen LogP contribution in [-0.4, -0.2) is 33.1 Å². The molecule has 1 aromatic heterocycles. The molecule has 9 heteroatoms. The maximum absolute atomic E-state index is 12.7. The monoisotopic (exact) mass is 513 g/mol. The van der Waals surface area contributed by atoms with E-state index < -0.39 is 4.92 Å². The van der Waals surface area contributed by atoms with Crippen molar-refractivity contribution in [3.05, 3.63) is 94.0 Å². The molecular weight excluding hydrogens is 494 g/mol. The Balaban J connectivity index is 0.00000289. The fourth-order valence-corrected chi connectivity index (χ4v) is 4.16. The molecule has 1 heterocycles. The second-order valence-electron chi connectivity index (χ2n) is 6.84. The Morgan fingerprint density at radius 2 is 1.88 bits per heavy atom. The van der Waals surface area contributed by atoms with Crippen molar-refractivity contribution in [3.8, 4) is 5.75 Å². The second-order valence-corrected chi connectivity index (χ2v) is 7.78. The zero-order chi connectivity index (χ0) is 21.8. The van der Waals surface area contributed by atoms with E-state index in [4.69, 9.17) is 9.72 Å². The summed E-state index contributed by atoms with van der Waals surface area (Å²) in [5.74, 6) is 0.641. The lowest BCUT2D eigenvalue weighted by molar-refractivity contribution is -0.384. The van der Waals surface area contributed by atoms with Crippen LogP contribution >= 0.6 is 28.7 Å². The van der Waals surface area contributed by atoms with E-state index in [2.05, 4.69) is 4.57 Å². The van der Waals surface area contributed by atoms with Gasteiger partial charge in [-0.05, 0) is 17.7 Å². The van der Waals surface area contributed by atoms with Crippen molar-refractivity contribution < 1.29 is 14.5 Å². The van der Waals surface area contributed by atoms with E-state index in [0.29, 0.717) is 23.0 Å². The van der Waals surface area contributed by atoms with E-state index in [1.807, 2.05) is 48.5 Å². The molecule has 0 bridgehead atoms. The van der Waals surface area contributed by atoms with Crippen molar-refractivity contribution in [2.45, 2.75) is 11.7 Å². The van der Waals surface area contributed by atoms with E-state index in [9.17, 15) is 14.9 Å². The van der Waals surface area contributed by atoms with Crippen LogP contribution in [0.5, 0.6) is 5.75 Å². The number of rotatable bonds is 8. The minimum absolute atomic E-state index is 0. The summed E-state index contributed by atoms with van der Waals surface area (Å²) in [4.78, 5) is 27.9. The van der Waals surface area contributed by atoms with E-state index >= 15 is 0 Å². The van der Waals surface area contributed by atoms with Gasteiger partial charge in [-0.1, -0.05) is 54.2 Å².